The maximum atomic E-state index is 6.26. The molecule has 0 bridgehead atoms. The minimum absolute atomic E-state index is 0.343. The number of rotatable bonds is 6. The van der Waals surface area contributed by atoms with Gasteiger partial charge in [-0.05, 0) is 13.0 Å². The summed E-state index contributed by atoms with van der Waals surface area (Å²) in [5, 5.41) is 12.1. The second-order valence-corrected chi connectivity index (χ2v) is 5.68. The lowest BCUT2D eigenvalue weighted by atomic mass is 10.2. The number of hydrogen-bond donors (Lipinski definition) is 1. The summed E-state index contributed by atoms with van der Waals surface area (Å²) in [4.78, 5) is 0. The molecule has 2 aromatic rings. The molecule has 1 aromatic carbocycles. The second kappa shape index (κ2) is 6.91. The molecule has 0 saturated heterocycles. The van der Waals surface area contributed by atoms with Crippen LogP contribution in [-0.2, 0) is 20.2 Å². The summed E-state index contributed by atoms with van der Waals surface area (Å²) in [7, 11) is 1.92. The van der Waals surface area contributed by atoms with Gasteiger partial charge in [-0.2, -0.15) is 0 Å². The Kier molecular flexibility index (Phi) is 5.20. The fourth-order valence-electron chi connectivity index (χ4n) is 1.88. The highest BCUT2D eigenvalue weighted by Gasteiger charge is 2.11. The molecular weight excluding hydrogens is 288 g/mol. The molecule has 0 amide bonds. The Morgan fingerprint density at radius 3 is 2.71 bits per heavy atom. The van der Waals surface area contributed by atoms with Crippen LogP contribution >= 0.6 is 11.6 Å². The predicted molar refractivity (Wildman–Crippen MR) is 83.5 cm³/mol. The van der Waals surface area contributed by atoms with Gasteiger partial charge in [-0.3, -0.25) is 0 Å². The molecule has 1 heterocycles. The Labute approximate surface area is 130 Å². The molecule has 0 aliphatic rings. The zero-order valence-electron chi connectivity index (χ0n) is 12.9. The summed E-state index contributed by atoms with van der Waals surface area (Å²) in [5.41, 5.74) is 1.04. The molecule has 5 nitrogen and oxygen atoms in total. The van der Waals surface area contributed by atoms with Gasteiger partial charge >= 0.3 is 0 Å². The molecule has 2 rings (SSSR count). The number of benzene rings is 1. The molecule has 0 unspecified atom stereocenters. The fraction of sp³-hybridized carbons (Fsp3) is 0.467. The van der Waals surface area contributed by atoms with Gasteiger partial charge in [0.15, 0.2) is 5.82 Å². The first-order valence-corrected chi connectivity index (χ1v) is 7.35. The largest absolute Gasteiger partial charge is 0.484 e. The number of hydrogen-bond acceptors (Lipinski definition) is 4. The van der Waals surface area contributed by atoms with E-state index >= 15 is 0 Å². The number of para-hydroxylation sites is 1. The normalized spacial score (nSPS) is 11.1. The van der Waals surface area contributed by atoms with Gasteiger partial charge in [0, 0.05) is 25.2 Å². The molecule has 1 aromatic heterocycles. The highest BCUT2D eigenvalue weighted by molar-refractivity contribution is 6.32. The third kappa shape index (κ3) is 3.95. The van der Waals surface area contributed by atoms with Gasteiger partial charge in [-0.15, -0.1) is 10.2 Å². The molecule has 0 aliphatic heterocycles. The number of nitrogens with zero attached hydrogens (tertiary/aromatic N) is 3. The van der Waals surface area contributed by atoms with E-state index in [-0.39, 0.29) is 0 Å². The Morgan fingerprint density at radius 1 is 1.33 bits per heavy atom. The van der Waals surface area contributed by atoms with Crippen molar-refractivity contribution < 1.29 is 4.74 Å². The van der Waals surface area contributed by atoms with Gasteiger partial charge in [0.05, 0.1) is 5.02 Å². The Balaban J connectivity index is 2.13. The van der Waals surface area contributed by atoms with Gasteiger partial charge < -0.3 is 14.6 Å². The number of nitrogens with one attached hydrogen (secondary N) is 1. The van der Waals surface area contributed by atoms with Gasteiger partial charge in [0.1, 0.15) is 18.2 Å². The molecule has 21 heavy (non-hydrogen) atoms. The van der Waals surface area contributed by atoms with Crippen LogP contribution in [0.2, 0.25) is 5.02 Å². The summed E-state index contributed by atoms with van der Waals surface area (Å²) in [6.07, 6.45) is 0. The van der Waals surface area contributed by atoms with Crippen LogP contribution in [0.15, 0.2) is 18.2 Å². The van der Waals surface area contributed by atoms with Crippen molar-refractivity contribution in [2.45, 2.75) is 40.0 Å². The standard InChI is InChI=1S/C15H21ClN4O/c1-10(2)17-8-12-6-5-7-13(16)15(12)21-9-14-19-18-11(3)20(14)4/h5-7,10,17H,8-9H2,1-4H3. The Hall–Kier alpha value is -1.59. The molecule has 1 N–H and O–H groups in total. The van der Waals surface area contributed by atoms with Crippen molar-refractivity contribution in [2.75, 3.05) is 0 Å². The average Bonchev–Trinajstić information content (AvgIpc) is 2.75. The molecule has 6 heteroatoms. The fourth-order valence-corrected chi connectivity index (χ4v) is 2.13. The number of aromatic nitrogens is 3. The van der Waals surface area contributed by atoms with E-state index in [0.717, 1.165) is 17.2 Å². The topological polar surface area (TPSA) is 52.0 Å². The van der Waals surface area contributed by atoms with Crippen LogP contribution in [0.1, 0.15) is 31.1 Å². The van der Waals surface area contributed by atoms with Gasteiger partial charge in [-0.1, -0.05) is 37.6 Å². The van der Waals surface area contributed by atoms with Crippen molar-refractivity contribution in [2.24, 2.45) is 7.05 Å². The minimum Gasteiger partial charge on any atom is -0.484 e. The zero-order valence-corrected chi connectivity index (χ0v) is 13.6. The maximum Gasteiger partial charge on any atom is 0.170 e. The maximum absolute atomic E-state index is 6.26. The van der Waals surface area contributed by atoms with Crippen LogP contribution in [0.4, 0.5) is 0 Å². The predicted octanol–water partition coefficient (Wildman–Crippen LogP) is 2.85. The SMILES string of the molecule is Cc1nnc(COc2c(Cl)cccc2CNC(C)C)n1C. The molecule has 0 atom stereocenters. The van der Waals surface area contributed by atoms with Crippen LogP contribution in [0.25, 0.3) is 0 Å². The number of aryl methyl sites for hydroxylation is 1. The summed E-state index contributed by atoms with van der Waals surface area (Å²) in [6, 6.07) is 6.17. The highest BCUT2D eigenvalue weighted by Crippen LogP contribution is 2.29. The Bertz CT molecular complexity index is 610. The van der Waals surface area contributed by atoms with Crippen molar-refractivity contribution in [1.29, 1.82) is 0 Å². The van der Waals surface area contributed by atoms with E-state index in [4.69, 9.17) is 16.3 Å². The Morgan fingerprint density at radius 2 is 2.10 bits per heavy atom. The van der Waals surface area contributed by atoms with Gasteiger partial charge in [0.2, 0.25) is 0 Å². The first-order chi connectivity index (χ1) is 9.99. The van der Waals surface area contributed by atoms with Crippen molar-refractivity contribution in [3.05, 3.63) is 40.4 Å². The van der Waals surface area contributed by atoms with E-state index in [2.05, 4.69) is 29.4 Å². The van der Waals surface area contributed by atoms with E-state index in [1.54, 1.807) is 0 Å². The number of halogens is 1. The highest BCUT2D eigenvalue weighted by atomic mass is 35.5. The lowest BCUT2D eigenvalue weighted by Gasteiger charge is -2.15. The number of ether oxygens (including phenoxy) is 1. The zero-order chi connectivity index (χ0) is 15.4. The van der Waals surface area contributed by atoms with Crippen LogP contribution in [-0.4, -0.2) is 20.8 Å². The van der Waals surface area contributed by atoms with Crippen molar-refractivity contribution in [3.8, 4) is 5.75 Å². The lowest BCUT2D eigenvalue weighted by Crippen LogP contribution is -2.22. The summed E-state index contributed by atoms with van der Waals surface area (Å²) in [6.45, 7) is 7.17. The molecule has 0 fully saturated rings. The van der Waals surface area contributed by atoms with Crippen molar-refractivity contribution in [3.63, 3.8) is 0 Å². The van der Waals surface area contributed by atoms with Gasteiger partial charge in [0.25, 0.3) is 0 Å². The molecule has 0 aliphatic carbocycles. The minimum atomic E-state index is 0.343. The van der Waals surface area contributed by atoms with Gasteiger partial charge in [-0.25, -0.2) is 0 Å². The van der Waals surface area contributed by atoms with E-state index < -0.39 is 0 Å². The molecule has 0 saturated carbocycles. The first-order valence-electron chi connectivity index (χ1n) is 6.97. The first kappa shape index (κ1) is 15.8. The summed E-state index contributed by atoms with van der Waals surface area (Å²) < 4.78 is 7.79. The monoisotopic (exact) mass is 308 g/mol. The third-order valence-electron chi connectivity index (χ3n) is 3.28. The van der Waals surface area contributed by atoms with Crippen molar-refractivity contribution in [1.82, 2.24) is 20.1 Å². The average molecular weight is 309 g/mol. The smallest absolute Gasteiger partial charge is 0.170 e. The van der Waals surface area contributed by atoms with E-state index in [0.29, 0.717) is 30.0 Å². The van der Waals surface area contributed by atoms with E-state index in [1.807, 2.05) is 36.7 Å². The quantitative estimate of drug-likeness (QED) is 0.891. The third-order valence-corrected chi connectivity index (χ3v) is 3.58. The molecule has 0 radical (unpaired) electrons. The van der Waals surface area contributed by atoms with Crippen LogP contribution < -0.4 is 10.1 Å². The summed E-state index contributed by atoms with van der Waals surface area (Å²) >= 11 is 6.26. The van der Waals surface area contributed by atoms with Crippen molar-refractivity contribution >= 4 is 11.6 Å². The molecular formula is C15H21ClN4O. The van der Waals surface area contributed by atoms with E-state index in [9.17, 15) is 0 Å². The summed E-state index contributed by atoms with van der Waals surface area (Å²) in [5.74, 6) is 2.33. The lowest BCUT2D eigenvalue weighted by molar-refractivity contribution is 0.287. The molecule has 114 valence electrons. The second-order valence-electron chi connectivity index (χ2n) is 5.27. The van der Waals surface area contributed by atoms with E-state index in [1.165, 1.54) is 0 Å². The van der Waals surface area contributed by atoms with Crippen LogP contribution in [0, 0.1) is 6.92 Å². The van der Waals surface area contributed by atoms with Crippen LogP contribution in [0.5, 0.6) is 5.75 Å². The van der Waals surface area contributed by atoms with Crippen LogP contribution in [0.3, 0.4) is 0 Å². The molecule has 0 spiro atoms.